The van der Waals surface area contributed by atoms with Gasteiger partial charge in [0.05, 0.1) is 22.9 Å². The van der Waals surface area contributed by atoms with E-state index in [1.165, 1.54) is 6.42 Å². The summed E-state index contributed by atoms with van der Waals surface area (Å²) in [6.45, 7) is 3.63. The Labute approximate surface area is 187 Å². The minimum Gasteiger partial charge on any atom is -0.355 e. The van der Waals surface area contributed by atoms with Gasteiger partial charge in [-0.1, -0.05) is 12.1 Å². The van der Waals surface area contributed by atoms with Gasteiger partial charge in [-0.2, -0.15) is 0 Å². The van der Waals surface area contributed by atoms with E-state index in [1.807, 2.05) is 36.1 Å². The first-order valence-electron chi connectivity index (χ1n) is 11.2. The van der Waals surface area contributed by atoms with Crippen molar-refractivity contribution in [1.82, 2.24) is 20.2 Å². The maximum absolute atomic E-state index is 12.9. The van der Waals surface area contributed by atoms with Crippen molar-refractivity contribution in [1.29, 1.82) is 0 Å². The van der Waals surface area contributed by atoms with E-state index in [9.17, 15) is 9.59 Å². The summed E-state index contributed by atoms with van der Waals surface area (Å²) >= 11 is 0. The van der Waals surface area contributed by atoms with Crippen LogP contribution in [0.25, 0.3) is 27.9 Å². The number of allylic oxidation sites excluding steroid dienone is 1. The zero-order valence-corrected chi connectivity index (χ0v) is 18.4. The fraction of sp³-hybridized carbons (Fsp3) is 0.308. The average Bonchev–Trinajstić information content (AvgIpc) is 3.18. The molecule has 3 aromatic rings. The summed E-state index contributed by atoms with van der Waals surface area (Å²) in [7, 11) is 1.66. The Morgan fingerprint density at radius 1 is 1.00 bits per heavy atom. The van der Waals surface area contributed by atoms with Gasteiger partial charge in [-0.25, -0.2) is 4.98 Å². The topological polar surface area (TPSA) is 75.2 Å². The van der Waals surface area contributed by atoms with E-state index in [-0.39, 0.29) is 11.8 Å². The van der Waals surface area contributed by atoms with Crippen molar-refractivity contribution in [3.63, 3.8) is 0 Å². The van der Waals surface area contributed by atoms with Crippen LogP contribution in [-0.2, 0) is 11.2 Å². The van der Waals surface area contributed by atoms with Crippen LogP contribution in [0.2, 0.25) is 0 Å². The molecule has 1 fully saturated rings. The Kier molecular flexibility index (Phi) is 5.21. The van der Waals surface area contributed by atoms with Crippen LogP contribution in [0, 0.1) is 0 Å². The third kappa shape index (κ3) is 3.55. The van der Waals surface area contributed by atoms with E-state index in [1.54, 1.807) is 13.2 Å². The lowest BCUT2D eigenvalue weighted by atomic mass is 10.0. The molecule has 2 aliphatic rings. The van der Waals surface area contributed by atoms with E-state index in [4.69, 9.17) is 4.98 Å². The molecule has 6 nitrogen and oxygen atoms in total. The molecule has 6 heteroatoms. The molecule has 32 heavy (non-hydrogen) atoms. The Balaban J connectivity index is 1.49. The number of likely N-dealkylation sites (tertiary alicyclic amines) is 1. The van der Waals surface area contributed by atoms with Crippen molar-refractivity contribution in [2.75, 3.05) is 20.1 Å². The first-order valence-corrected chi connectivity index (χ1v) is 11.2. The summed E-state index contributed by atoms with van der Waals surface area (Å²) in [5, 5.41) is 2.73. The number of likely N-dealkylation sites (N-methyl/N-ethyl adjacent to an activating group) is 1. The van der Waals surface area contributed by atoms with Crippen LogP contribution in [0.4, 0.5) is 0 Å². The summed E-state index contributed by atoms with van der Waals surface area (Å²) in [5.41, 5.74) is 7.88. The van der Waals surface area contributed by atoms with Crippen LogP contribution in [0.3, 0.4) is 0 Å². The number of hydrogen-bond donors (Lipinski definition) is 1. The summed E-state index contributed by atoms with van der Waals surface area (Å²) in [5.74, 6) is 0.0375. The Morgan fingerprint density at radius 2 is 1.81 bits per heavy atom. The van der Waals surface area contributed by atoms with Crippen LogP contribution in [0.5, 0.6) is 0 Å². The van der Waals surface area contributed by atoms with Crippen molar-refractivity contribution < 1.29 is 9.59 Å². The molecule has 162 valence electrons. The highest BCUT2D eigenvalue weighted by Gasteiger charge is 2.23. The molecule has 0 spiro atoms. The highest BCUT2D eigenvalue weighted by atomic mass is 16.2. The van der Waals surface area contributed by atoms with Crippen molar-refractivity contribution in [3.8, 4) is 11.3 Å². The number of rotatable bonds is 3. The Morgan fingerprint density at radius 3 is 2.59 bits per heavy atom. The molecule has 1 N–H and O–H groups in total. The van der Waals surface area contributed by atoms with Crippen molar-refractivity contribution in [2.24, 2.45) is 0 Å². The molecular formula is C26H26N4O2. The van der Waals surface area contributed by atoms with Crippen LogP contribution < -0.4 is 5.32 Å². The fourth-order valence-corrected chi connectivity index (χ4v) is 4.69. The third-order valence-corrected chi connectivity index (χ3v) is 6.56. The molecule has 2 amide bonds. The lowest BCUT2D eigenvalue weighted by Crippen LogP contribution is -2.35. The highest BCUT2D eigenvalue weighted by molar-refractivity contribution is 6.04. The van der Waals surface area contributed by atoms with Gasteiger partial charge < -0.3 is 10.2 Å². The molecule has 1 saturated heterocycles. The maximum Gasteiger partial charge on any atom is 0.253 e. The zero-order valence-electron chi connectivity index (χ0n) is 18.4. The monoisotopic (exact) mass is 426 g/mol. The van der Waals surface area contributed by atoms with Crippen LogP contribution in [0.15, 0.2) is 48.2 Å². The Bertz CT molecular complexity index is 1270. The standard InChI is InChI=1S/C26H26N4O2/c1-16-20-13-18(7-6-17(20)12-21(16)25(31)27-2)24-15-28-22-9-8-19(14-23(22)29-24)26(32)30-10-4-3-5-11-30/h6-9,13-15H,3-5,10-12H2,1-2H3,(H,27,31). The minimum absolute atomic E-state index is 0.0309. The summed E-state index contributed by atoms with van der Waals surface area (Å²) in [6, 6.07) is 11.7. The second-order valence-electron chi connectivity index (χ2n) is 8.54. The van der Waals surface area contributed by atoms with Crippen molar-refractivity contribution in [2.45, 2.75) is 32.6 Å². The second kappa shape index (κ2) is 8.19. The van der Waals surface area contributed by atoms with E-state index >= 15 is 0 Å². The number of carbonyl (C=O) groups is 2. The molecule has 0 unspecified atom stereocenters. The first-order chi connectivity index (χ1) is 15.5. The van der Waals surface area contributed by atoms with Gasteiger partial charge in [0.25, 0.3) is 5.91 Å². The van der Waals surface area contributed by atoms with E-state index < -0.39 is 0 Å². The number of hydrogen-bond acceptors (Lipinski definition) is 4. The Hall–Kier alpha value is -3.54. The normalized spacial score (nSPS) is 15.8. The smallest absolute Gasteiger partial charge is 0.253 e. The van der Waals surface area contributed by atoms with Crippen LogP contribution >= 0.6 is 0 Å². The highest BCUT2D eigenvalue weighted by Crippen LogP contribution is 2.35. The van der Waals surface area contributed by atoms with Gasteiger partial charge >= 0.3 is 0 Å². The van der Waals surface area contributed by atoms with Gasteiger partial charge in [0, 0.05) is 43.3 Å². The molecule has 0 bridgehead atoms. The van der Waals surface area contributed by atoms with E-state index in [2.05, 4.69) is 22.4 Å². The van der Waals surface area contributed by atoms with Gasteiger partial charge in [-0.05, 0) is 67.2 Å². The molecule has 1 aromatic heterocycles. The number of aromatic nitrogens is 2. The minimum atomic E-state index is -0.0309. The number of nitrogens with zero attached hydrogens (tertiary/aromatic N) is 3. The number of amides is 2. The number of nitrogens with one attached hydrogen (secondary N) is 1. The predicted molar refractivity (Wildman–Crippen MR) is 125 cm³/mol. The van der Waals surface area contributed by atoms with E-state index in [0.29, 0.717) is 17.5 Å². The number of piperidine rings is 1. The molecule has 5 rings (SSSR count). The van der Waals surface area contributed by atoms with Crippen molar-refractivity contribution >= 4 is 28.4 Å². The zero-order chi connectivity index (χ0) is 22.2. The molecule has 2 aromatic carbocycles. The van der Waals surface area contributed by atoms with Gasteiger partial charge in [0.15, 0.2) is 0 Å². The quantitative estimate of drug-likeness (QED) is 0.687. The molecule has 1 aliphatic carbocycles. The molecular weight excluding hydrogens is 400 g/mol. The van der Waals surface area contributed by atoms with Crippen LogP contribution in [0.1, 0.15) is 47.7 Å². The maximum atomic E-state index is 12.9. The SMILES string of the molecule is CNC(=O)C1=C(C)c2cc(-c3cnc4ccc(C(=O)N5CCCCC5)cc4n3)ccc2C1. The number of benzene rings is 2. The average molecular weight is 427 g/mol. The lowest BCUT2D eigenvalue weighted by Gasteiger charge is -2.26. The van der Waals surface area contributed by atoms with Gasteiger partial charge in [0.1, 0.15) is 0 Å². The third-order valence-electron chi connectivity index (χ3n) is 6.56. The predicted octanol–water partition coefficient (Wildman–Crippen LogP) is 4.00. The van der Waals surface area contributed by atoms with Gasteiger partial charge in [-0.15, -0.1) is 0 Å². The fourth-order valence-electron chi connectivity index (χ4n) is 4.69. The molecule has 2 heterocycles. The lowest BCUT2D eigenvalue weighted by molar-refractivity contribution is -0.117. The molecule has 0 saturated carbocycles. The number of carbonyl (C=O) groups excluding carboxylic acids is 2. The molecule has 0 atom stereocenters. The van der Waals surface area contributed by atoms with Gasteiger partial charge in [0.2, 0.25) is 5.91 Å². The molecule has 1 aliphatic heterocycles. The largest absolute Gasteiger partial charge is 0.355 e. The van der Waals surface area contributed by atoms with E-state index in [0.717, 1.165) is 65.0 Å². The summed E-state index contributed by atoms with van der Waals surface area (Å²) in [6.07, 6.45) is 5.74. The summed E-state index contributed by atoms with van der Waals surface area (Å²) < 4.78 is 0. The van der Waals surface area contributed by atoms with Crippen LogP contribution in [-0.4, -0.2) is 46.8 Å². The molecule has 0 radical (unpaired) electrons. The summed E-state index contributed by atoms with van der Waals surface area (Å²) in [4.78, 5) is 36.4. The van der Waals surface area contributed by atoms with Gasteiger partial charge in [-0.3, -0.25) is 14.6 Å². The number of fused-ring (bicyclic) bond motifs is 2. The van der Waals surface area contributed by atoms with Crippen molar-refractivity contribution in [3.05, 3.63) is 64.9 Å². The first kappa shape index (κ1) is 20.4. The second-order valence-corrected chi connectivity index (χ2v) is 8.54.